The zero-order valence-corrected chi connectivity index (χ0v) is 14.4. The Hall–Kier alpha value is -1.20. The van der Waals surface area contributed by atoms with Crippen molar-refractivity contribution in [3.05, 3.63) is 16.3 Å². The molecule has 4 nitrogen and oxygen atoms in total. The lowest BCUT2D eigenvalue weighted by molar-refractivity contribution is 0.279. The summed E-state index contributed by atoms with van der Waals surface area (Å²) in [7, 11) is 1.94. The molecule has 114 valence electrons. The van der Waals surface area contributed by atoms with E-state index in [1.807, 2.05) is 7.05 Å². The first-order chi connectivity index (χ1) is 9.89. The second-order valence-corrected chi connectivity index (χ2v) is 8.03. The van der Waals surface area contributed by atoms with Crippen LogP contribution in [0, 0.1) is 19.3 Å². The van der Waals surface area contributed by atoms with Crippen molar-refractivity contribution >= 4 is 27.4 Å². The molecule has 0 bridgehead atoms. The zero-order chi connectivity index (χ0) is 15.2. The van der Waals surface area contributed by atoms with Crippen molar-refractivity contribution < 1.29 is 0 Å². The molecule has 0 aromatic carbocycles. The molecule has 21 heavy (non-hydrogen) atoms. The highest BCUT2D eigenvalue weighted by Gasteiger charge is 2.29. The van der Waals surface area contributed by atoms with Crippen molar-refractivity contribution in [2.45, 2.75) is 40.7 Å². The van der Waals surface area contributed by atoms with Gasteiger partial charge in [0.05, 0.1) is 11.9 Å². The Kier molecular flexibility index (Phi) is 3.66. The molecule has 0 spiro atoms. The maximum absolute atomic E-state index is 4.80. The number of nitrogens with one attached hydrogen (secondary N) is 1. The van der Waals surface area contributed by atoms with Gasteiger partial charge in [0.25, 0.3) is 0 Å². The molecule has 1 aliphatic heterocycles. The molecule has 1 saturated heterocycles. The van der Waals surface area contributed by atoms with Crippen molar-refractivity contribution in [3.8, 4) is 0 Å². The summed E-state index contributed by atoms with van der Waals surface area (Å²) in [4.78, 5) is 14.5. The van der Waals surface area contributed by atoms with Gasteiger partial charge < -0.3 is 5.32 Å². The highest BCUT2D eigenvalue weighted by atomic mass is 32.1. The van der Waals surface area contributed by atoms with Crippen LogP contribution < -0.4 is 5.32 Å². The predicted octanol–water partition coefficient (Wildman–Crippen LogP) is 3.58. The number of hydrogen-bond acceptors (Lipinski definition) is 5. The monoisotopic (exact) mass is 304 g/mol. The van der Waals surface area contributed by atoms with Gasteiger partial charge in [-0.3, -0.25) is 4.90 Å². The Morgan fingerprint density at radius 1 is 1.29 bits per heavy atom. The maximum Gasteiger partial charge on any atom is 0.146 e. The van der Waals surface area contributed by atoms with Gasteiger partial charge in [-0.1, -0.05) is 13.8 Å². The molecular formula is C16H24N4S. The molecule has 2 aromatic heterocycles. The van der Waals surface area contributed by atoms with Gasteiger partial charge in [-0.2, -0.15) is 0 Å². The number of nitrogens with zero attached hydrogens (tertiary/aromatic N) is 3. The molecule has 0 atom stereocenters. The van der Waals surface area contributed by atoms with Crippen molar-refractivity contribution in [1.82, 2.24) is 14.9 Å². The predicted molar refractivity (Wildman–Crippen MR) is 90.1 cm³/mol. The van der Waals surface area contributed by atoms with Crippen LogP contribution in [0.2, 0.25) is 0 Å². The van der Waals surface area contributed by atoms with E-state index in [-0.39, 0.29) is 0 Å². The molecule has 3 rings (SSSR count). The van der Waals surface area contributed by atoms with Gasteiger partial charge in [-0.25, -0.2) is 9.97 Å². The summed E-state index contributed by atoms with van der Waals surface area (Å²) in [6, 6.07) is 0. The quantitative estimate of drug-likeness (QED) is 0.941. The molecular weight excluding hydrogens is 280 g/mol. The van der Waals surface area contributed by atoms with E-state index < -0.39 is 0 Å². The van der Waals surface area contributed by atoms with E-state index in [0.717, 1.165) is 36.1 Å². The summed E-state index contributed by atoms with van der Waals surface area (Å²) in [6.07, 6.45) is 1.26. The average Bonchev–Trinajstić information content (AvgIpc) is 2.89. The van der Waals surface area contributed by atoms with E-state index in [1.165, 1.54) is 22.2 Å². The fourth-order valence-corrected chi connectivity index (χ4v) is 4.15. The largest absolute Gasteiger partial charge is 0.372 e. The van der Waals surface area contributed by atoms with E-state index in [9.17, 15) is 0 Å². The maximum atomic E-state index is 4.80. The van der Waals surface area contributed by atoms with Crippen LogP contribution in [0.1, 0.15) is 36.5 Å². The van der Waals surface area contributed by atoms with Crippen LogP contribution in [0.25, 0.3) is 10.2 Å². The third kappa shape index (κ3) is 2.77. The van der Waals surface area contributed by atoms with Crippen LogP contribution >= 0.6 is 11.3 Å². The number of aryl methyl sites for hydroxylation is 2. The highest BCUT2D eigenvalue weighted by Crippen LogP contribution is 2.34. The molecule has 5 heteroatoms. The lowest BCUT2D eigenvalue weighted by atomic mass is 9.93. The minimum atomic E-state index is 0.423. The summed E-state index contributed by atoms with van der Waals surface area (Å²) in [5, 5.41) is 4.43. The van der Waals surface area contributed by atoms with Crippen LogP contribution in [0.15, 0.2) is 0 Å². The summed E-state index contributed by atoms with van der Waals surface area (Å²) in [5.41, 5.74) is 1.72. The fraction of sp³-hybridized carbons (Fsp3) is 0.625. The smallest absolute Gasteiger partial charge is 0.146 e. The first-order valence-corrected chi connectivity index (χ1v) is 8.38. The Balaban J connectivity index is 1.93. The molecule has 0 amide bonds. The third-order valence-corrected chi connectivity index (χ3v) is 5.53. The molecule has 0 radical (unpaired) electrons. The molecule has 0 saturated carbocycles. The SMILES string of the molecule is CNc1nc(CN2CCC(C)(C)C2)nc2sc(C)c(C)c12. The van der Waals surface area contributed by atoms with Crippen LogP contribution in [0.4, 0.5) is 5.82 Å². The van der Waals surface area contributed by atoms with Crippen LogP contribution in [-0.2, 0) is 6.54 Å². The molecule has 1 fully saturated rings. The molecule has 3 heterocycles. The lowest BCUT2D eigenvalue weighted by Gasteiger charge is -2.19. The Bertz CT molecular complexity index is 674. The standard InChI is InChI=1S/C16H24N4S/c1-10-11(2)21-15-13(10)14(17-5)18-12(19-15)8-20-7-6-16(3,4)9-20/h6-9H2,1-5H3,(H,17,18,19). The van der Waals surface area contributed by atoms with Gasteiger partial charge in [-0.15, -0.1) is 11.3 Å². The minimum absolute atomic E-state index is 0.423. The number of fused-ring (bicyclic) bond motifs is 1. The third-order valence-electron chi connectivity index (χ3n) is 4.43. The summed E-state index contributed by atoms with van der Waals surface area (Å²) < 4.78 is 0. The van der Waals surface area contributed by atoms with E-state index in [4.69, 9.17) is 9.97 Å². The van der Waals surface area contributed by atoms with E-state index >= 15 is 0 Å². The number of thiophene rings is 1. The van der Waals surface area contributed by atoms with Crippen LogP contribution in [0.5, 0.6) is 0 Å². The van der Waals surface area contributed by atoms with Gasteiger partial charge >= 0.3 is 0 Å². The number of likely N-dealkylation sites (tertiary alicyclic amines) is 1. The molecule has 1 aliphatic rings. The summed E-state index contributed by atoms with van der Waals surface area (Å²) in [5.74, 6) is 1.90. The molecule has 0 aliphatic carbocycles. The number of hydrogen-bond donors (Lipinski definition) is 1. The number of anilines is 1. The Morgan fingerprint density at radius 3 is 2.67 bits per heavy atom. The van der Waals surface area contributed by atoms with Crippen LogP contribution in [-0.4, -0.2) is 35.0 Å². The van der Waals surface area contributed by atoms with E-state index in [1.54, 1.807) is 11.3 Å². The molecule has 1 N–H and O–H groups in total. The molecule has 0 unspecified atom stereocenters. The second kappa shape index (κ2) is 5.21. The van der Waals surface area contributed by atoms with Crippen molar-refractivity contribution in [2.24, 2.45) is 5.41 Å². The Labute approximate surface area is 130 Å². The Morgan fingerprint density at radius 2 is 2.05 bits per heavy atom. The fourth-order valence-electron chi connectivity index (χ4n) is 3.10. The summed E-state index contributed by atoms with van der Waals surface area (Å²) >= 11 is 1.77. The minimum Gasteiger partial charge on any atom is -0.372 e. The lowest BCUT2D eigenvalue weighted by Crippen LogP contribution is -2.24. The first kappa shape index (κ1) is 14.7. The first-order valence-electron chi connectivity index (χ1n) is 7.56. The van der Waals surface area contributed by atoms with Gasteiger partial charge in [0.15, 0.2) is 0 Å². The van der Waals surface area contributed by atoms with E-state index in [0.29, 0.717) is 5.41 Å². The van der Waals surface area contributed by atoms with Crippen molar-refractivity contribution in [1.29, 1.82) is 0 Å². The summed E-state index contributed by atoms with van der Waals surface area (Å²) in [6.45, 7) is 12.1. The zero-order valence-electron chi connectivity index (χ0n) is 13.6. The topological polar surface area (TPSA) is 41.1 Å². The van der Waals surface area contributed by atoms with Gasteiger partial charge in [0.2, 0.25) is 0 Å². The van der Waals surface area contributed by atoms with E-state index in [2.05, 4.69) is 37.9 Å². The normalized spacial score (nSPS) is 18.5. The highest BCUT2D eigenvalue weighted by molar-refractivity contribution is 7.18. The van der Waals surface area contributed by atoms with Gasteiger partial charge in [-0.05, 0) is 37.8 Å². The number of aromatic nitrogens is 2. The average molecular weight is 304 g/mol. The van der Waals surface area contributed by atoms with Gasteiger partial charge in [0.1, 0.15) is 16.5 Å². The van der Waals surface area contributed by atoms with Crippen LogP contribution in [0.3, 0.4) is 0 Å². The van der Waals surface area contributed by atoms with Crippen molar-refractivity contribution in [2.75, 3.05) is 25.5 Å². The molecule has 2 aromatic rings. The number of rotatable bonds is 3. The van der Waals surface area contributed by atoms with Crippen molar-refractivity contribution in [3.63, 3.8) is 0 Å². The second-order valence-electron chi connectivity index (χ2n) is 6.83. The van der Waals surface area contributed by atoms with Gasteiger partial charge in [0, 0.05) is 18.5 Å².